The van der Waals surface area contributed by atoms with Gasteiger partial charge in [0.1, 0.15) is 11.4 Å². The van der Waals surface area contributed by atoms with Gasteiger partial charge < -0.3 is 5.32 Å². The Balaban J connectivity index is 1.86. The molecule has 1 N–H and O–H groups in total. The highest BCUT2D eigenvalue weighted by Crippen LogP contribution is 2.32. The van der Waals surface area contributed by atoms with Crippen molar-refractivity contribution >= 4 is 17.7 Å². The molecule has 25 heavy (non-hydrogen) atoms. The highest BCUT2D eigenvalue weighted by molar-refractivity contribution is 6.11. The van der Waals surface area contributed by atoms with Crippen LogP contribution in [0.4, 0.5) is 9.18 Å². The average Bonchev–Trinajstić information content (AvgIpc) is 2.88. The summed E-state index contributed by atoms with van der Waals surface area (Å²) in [4.78, 5) is 38.5. The minimum absolute atomic E-state index is 0.246. The standard InChI is InChI=1S/C19H17FN2O3/c1-2-19(14-6-4-3-5-7-14)17(24)22(18(25)21-19)12-16(23)13-8-10-15(20)11-9-13/h3-11H,2,12H2,1H3,(H,21,25). The number of rotatable bonds is 5. The summed E-state index contributed by atoms with van der Waals surface area (Å²) in [6.07, 6.45) is 0.364. The van der Waals surface area contributed by atoms with Gasteiger partial charge in [0.25, 0.3) is 5.91 Å². The third-order valence-corrected chi connectivity index (χ3v) is 4.44. The molecule has 1 aliphatic rings. The predicted molar refractivity (Wildman–Crippen MR) is 89.4 cm³/mol. The molecule has 3 amide bonds. The SMILES string of the molecule is CCC1(c2ccccc2)NC(=O)N(CC(=O)c2ccc(F)cc2)C1=O. The number of ketones is 1. The van der Waals surface area contributed by atoms with Gasteiger partial charge in [-0.05, 0) is 36.2 Å². The van der Waals surface area contributed by atoms with Gasteiger partial charge in [-0.1, -0.05) is 37.3 Å². The van der Waals surface area contributed by atoms with Gasteiger partial charge >= 0.3 is 6.03 Å². The Hall–Kier alpha value is -3.02. The van der Waals surface area contributed by atoms with Crippen molar-refractivity contribution in [3.05, 3.63) is 71.5 Å². The molecule has 128 valence electrons. The Morgan fingerprint density at radius 2 is 1.72 bits per heavy atom. The quantitative estimate of drug-likeness (QED) is 0.672. The Labute approximate surface area is 144 Å². The van der Waals surface area contributed by atoms with Gasteiger partial charge in [-0.2, -0.15) is 0 Å². The minimum atomic E-state index is -1.17. The monoisotopic (exact) mass is 340 g/mol. The number of carbonyl (C=O) groups excluding carboxylic acids is 3. The molecule has 5 nitrogen and oxygen atoms in total. The molecule has 0 radical (unpaired) electrons. The number of imide groups is 1. The molecule has 3 rings (SSSR count). The fraction of sp³-hybridized carbons (Fsp3) is 0.211. The van der Waals surface area contributed by atoms with E-state index in [1.165, 1.54) is 24.3 Å². The first-order valence-electron chi connectivity index (χ1n) is 7.96. The molecule has 1 saturated heterocycles. The van der Waals surface area contributed by atoms with Crippen LogP contribution in [0.3, 0.4) is 0 Å². The van der Waals surface area contributed by atoms with Crippen LogP contribution in [0.25, 0.3) is 0 Å². The van der Waals surface area contributed by atoms with Crippen molar-refractivity contribution in [2.45, 2.75) is 18.9 Å². The second-order valence-electron chi connectivity index (χ2n) is 5.88. The van der Waals surface area contributed by atoms with Crippen LogP contribution in [-0.2, 0) is 10.3 Å². The lowest BCUT2D eigenvalue weighted by atomic mass is 9.87. The molecule has 0 saturated carbocycles. The van der Waals surface area contributed by atoms with E-state index in [9.17, 15) is 18.8 Å². The molecule has 0 bridgehead atoms. The fourth-order valence-corrected chi connectivity index (χ4v) is 3.00. The van der Waals surface area contributed by atoms with E-state index in [2.05, 4.69) is 5.32 Å². The molecular formula is C19H17FN2O3. The molecule has 0 spiro atoms. The number of nitrogens with zero attached hydrogens (tertiary/aromatic N) is 1. The highest BCUT2D eigenvalue weighted by atomic mass is 19.1. The van der Waals surface area contributed by atoms with Crippen molar-refractivity contribution in [2.24, 2.45) is 0 Å². The number of Topliss-reactive ketones (excluding diaryl/α,β-unsaturated/α-hetero) is 1. The smallest absolute Gasteiger partial charge is 0.319 e. The maximum absolute atomic E-state index is 13.0. The molecule has 1 aliphatic heterocycles. The first-order valence-corrected chi connectivity index (χ1v) is 7.96. The maximum atomic E-state index is 13.0. The molecule has 0 aliphatic carbocycles. The zero-order valence-corrected chi connectivity index (χ0v) is 13.7. The van der Waals surface area contributed by atoms with E-state index >= 15 is 0 Å². The second-order valence-corrected chi connectivity index (χ2v) is 5.88. The second kappa shape index (κ2) is 6.47. The van der Waals surface area contributed by atoms with Gasteiger partial charge in [-0.3, -0.25) is 14.5 Å². The predicted octanol–water partition coefficient (Wildman–Crippen LogP) is 2.87. The summed E-state index contributed by atoms with van der Waals surface area (Å²) >= 11 is 0. The number of urea groups is 1. The molecule has 0 aromatic heterocycles. The van der Waals surface area contributed by atoms with Crippen molar-refractivity contribution in [3.63, 3.8) is 0 Å². The van der Waals surface area contributed by atoms with E-state index in [0.717, 1.165) is 4.90 Å². The van der Waals surface area contributed by atoms with Gasteiger partial charge in [0.15, 0.2) is 5.78 Å². The molecule has 1 fully saturated rings. The summed E-state index contributed by atoms with van der Waals surface area (Å²) in [6.45, 7) is 1.42. The van der Waals surface area contributed by atoms with Crippen LogP contribution in [0.1, 0.15) is 29.3 Å². The summed E-state index contributed by atoms with van der Waals surface area (Å²) in [6, 6.07) is 13.3. The van der Waals surface area contributed by atoms with Crippen molar-refractivity contribution in [3.8, 4) is 0 Å². The maximum Gasteiger partial charge on any atom is 0.325 e. The number of amides is 3. The van der Waals surface area contributed by atoms with Gasteiger partial charge in [-0.25, -0.2) is 9.18 Å². The first kappa shape index (κ1) is 16.8. The lowest BCUT2D eigenvalue weighted by Gasteiger charge is -2.25. The van der Waals surface area contributed by atoms with Gasteiger partial charge in [0.2, 0.25) is 0 Å². The Kier molecular flexibility index (Phi) is 4.35. The molecule has 6 heteroatoms. The zero-order chi connectivity index (χ0) is 18.0. The van der Waals surface area contributed by atoms with Crippen molar-refractivity contribution in [2.75, 3.05) is 6.54 Å². The van der Waals surface area contributed by atoms with Crippen molar-refractivity contribution < 1.29 is 18.8 Å². The van der Waals surface area contributed by atoms with Crippen molar-refractivity contribution in [1.29, 1.82) is 0 Å². The summed E-state index contributed by atoms with van der Waals surface area (Å²) in [5.41, 5.74) is -0.246. The number of hydrogen-bond acceptors (Lipinski definition) is 3. The van der Waals surface area contributed by atoms with Gasteiger partial charge in [0, 0.05) is 5.56 Å². The Morgan fingerprint density at radius 1 is 1.08 bits per heavy atom. The largest absolute Gasteiger partial charge is 0.325 e. The van der Waals surface area contributed by atoms with Crippen LogP contribution in [0, 0.1) is 5.82 Å². The fourth-order valence-electron chi connectivity index (χ4n) is 3.00. The van der Waals surface area contributed by atoms with Crippen LogP contribution in [0.15, 0.2) is 54.6 Å². The number of halogens is 1. The summed E-state index contributed by atoms with van der Waals surface area (Å²) in [5, 5.41) is 2.72. The van der Waals surface area contributed by atoms with Crippen LogP contribution < -0.4 is 5.32 Å². The number of hydrogen-bond donors (Lipinski definition) is 1. The van der Waals surface area contributed by atoms with E-state index < -0.39 is 29.1 Å². The summed E-state index contributed by atoms with van der Waals surface area (Å²) < 4.78 is 13.0. The Bertz CT molecular complexity index is 820. The molecule has 1 unspecified atom stereocenters. The lowest BCUT2D eigenvalue weighted by Crippen LogP contribution is -2.43. The Morgan fingerprint density at radius 3 is 2.32 bits per heavy atom. The van der Waals surface area contributed by atoms with Crippen LogP contribution in [-0.4, -0.2) is 29.2 Å². The molecule has 2 aromatic carbocycles. The first-order chi connectivity index (χ1) is 12.0. The minimum Gasteiger partial charge on any atom is -0.319 e. The van der Waals surface area contributed by atoms with E-state index in [0.29, 0.717) is 12.0 Å². The van der Waals surface area contributed by atoms with Gasteiger partial charge in [0.05, 0.1) is 6.54 Å². The van der Waals surface area contributed by atoms with Gasteiger partial charge in [-0.15, -0.1) is 0 Å². The molecular weight excluding hydrogens is 323 g/mol. The number of benzene rings is 2. The number of carbonyl (C=O) groups is 3. The van der Waals surface area contributed by atoms with E-state index in [1.54, 1.807) is 31.2 Å². The van der Waals surface area contributed by atoms with Crippen LogP contribution in [0.2, 0.25) is 0 Å². The zero-order valence-electron chi connectivity index (χ0n) is 13.7. The van der Waals surface area contributed by atoms with E-state index in [1.807, 2.05) is 6.07 Å². The summed E-state index contributed by atoms with van der Waals surface area (Å²) in [5.74, 6) is -1.34. The highest BCUT2D eigenvalue weighted by Gasteiger charge is 2.51. The molecule has 1 heterocycles. The van der Waals surface area contributed by atoms with E-state index in [4.69, 9.17) is 0 Å². The van der Waals surface area contributed by atoms with Crippen LogP contribution in [0.5, 0.6) is 0 Å². The third-order valence-electron chi connectivity index (χ3n) is 4.44. The topological polar surface area (TPSA) is 66.5 Å². The third kappa shape index (κ3) is 2.91. The van der Waals surface area contributed by atoms with Crippen molar-refractivity contribution in [1.82, 2.24) is 10.2 Å². The normalized spacial score (nSPS) is 19.8. The average molecular weight is 340 g/mol. The summed E-state index contributed by atoms with van der Waals surface area (Å²) in [7, 11) is 0. The lowest BCUT2D eigenvalue weighted by molar-refractivity contribution is -0.131. The molecule has 1 atom stereocenters. The van der Waals surface area contributed by atoms with Crippen LogP contribution >= 0.6 is 0 Å². The van der Waals surface area contributed by atoms with E-state index in [-0.39, 0.29) is 12.1 Å². The molecule has 2 aromatic rings. The number of nitrogens with one attached hydrogen (secondary N) is 1.